The van der Waals surface area contributed by atoms with E-state index < -0.39 is 15.6 Å². The molecule has 4 nitrogen and oxygen atoms in total. The van der Waals surface area contributed by atoms with Crippen LogP contribution in [0.5, 0.6) is 0 Å². The minimum absolute atomic E-state index is 0.215. The number of rotatable bonds is 3. The standard InChI is InChI=1S/C18H18BrNO3S/c1-12-7-9-13(10-8-12)24(22,23)20-11-14(18(2,3)21)17-15(19)5-4-6-16(17)20/h4-11,21H,1-3H3. The van der Waals surface area contributed by atoms with Crippen molar-refractivity contribution in [1.29, 1.82) is 0 Å². The Morgan fingerprint density at radius 3 is 2.29 bits per heavy atom. The zero-order chi connectivity index (χ0) is 17.7. The summed E-state index contributed by atoms with van der Waals surface area (Å²) in [6.45, 7) is 5.19. The lowest BCUT2D eigenvalue weighted by Crippen LogP contribution is -2.16. The summed E-state index contributed by atoms with van der Waals surface area (Å²) in [7, 11) is -3.75. The number of hydrogen-bond donors (Lipinski definition) is 1. The number of fused-ring (bicyclic) bond motifs is 1. The van der Waals surface area contributed by atoms with Crippen LogP contribution in [-0.2, 0) is 15.6 Å². The molecule has 0 fully saturated rings. The van der Waals surface area contributed by atoms with Gasteiger partial charge in [-0.1, -0.05) is 39.7 Å². The summed E-state index contributed by atoms with van der Waals surface area (Å²) in [4.78, 5) is 0.215. The highest BCUT2D eigenvalue weighted by molar-refractivity contribution is 9.10. The van der Waals surface area contributed by atoms with Gasteiger partial charge in [0.2, 0.25) is 0 Å². The first kappa shape index (κ1) is 17.2. The second-order valence-corrected chi connectivity index (χ2v) is 9.02. The van der Waals surface area contributed by atoms with Gasteiger partial charge in [0.1, 0.15) is 0 Å². The smallest absolute Gasteiger partial charge is 0.268 e. The molecule has 2 aromatic carbocycles. The molecule has 0 bridgehead atoms. The van der Waals surface area contributed by atoms with E-state index in [0.29, 0.717) is 16.5 Å². The molecule has 1 N–H and O–H groups in total. The van der Waals surface area contributed by atoms with Gasteiger partial charge in [0.25, 0.3) is 10.0 Å². The second-order valence-electron chi connectivity index (χ2n) is 6.35. The third kappa shape index (κ3) is 2.79. The van der Waals surface area contributed by atoms with Crippen molar-refractivity contribution in [3.8, 4) is 0 Å². The van der Waals surface area contributed by atoms with Crippen molar-refractivity contribution >= 4 is 36.9 Å². The van der Waals surface area contributed by atoms with Crippen molar-refractivity contribution in [2.45, 2.75) is 31.3 Å². The summed E-state index contributed by atoms with van der Waals surface area (Å²) in [6.07, 6.45) is 1.50. The lowest BCUT2D eigenvalue weighted by atomic mass is 9.98. The van der Waals surface area contributed by atoms with E-state index in [-0.39, 0.29) is 4.90 Å². The van der Waals surface area contributed by atoms with E-state index in [4.69, 9.17) is 0 Å². The summed E-state index contributed by atoms with van der Waals surface area (Å²) in [6, 6.07) is 12.1. The predicted molar refractivity (Wildman–Crippen MR) is 98.6 cm³/mol. The Morgan fingerprint density at radius 2 is 1.71 bits per heavy atom. The average Bonchev–Trinajstić information content (AvgIpc) is 2.89. The Balaban J connectivity index is 2.35. The third-order valence-corrected chi connectivity index (χ3v) is 6.33. The predicted octanol–water partition coefficient (Wildman–Crippen LogP) is 4.18. The lowest BCUT2D eigenvalue weighted by Gasteiger charge is -2.16. The van der Waals surface area contributed by atoms with E-state index >= 15 is 0 Å². The SMILES string of the molecule is Cc1ccc(S(=O)(=O)n2cc(C(C)(C)O)c3c(Br)cccc32)cc1. The molecule has 0 amide bonds. The van der Waals surface area contributed by atoms with Crippen molar-refractivity contribution < 1.29 is 13.5 Å². The second kappa shape index (κ2) is 5.72. The molecule has 0 atom stereocenters. The highest BCUT2D eigenvalue weighted by atomic mass is 79.9. The van der Waals surface area contributed by atoms with Crippen LogP contribution in [0, 0.1) is 6.92 Å². The van der Waals surface area contributed by atoms with Gasteiger partial charge < -0.3 is 5.11 Å². The van der Waals surface area contributed by atoms with Gasteiger partial charge in [0, 0.05) is 21.6 Å². The highest BCUT2D eigenvalue weighted by Crippen LogP contribution is 2.36. The fourth-order valence-electron chi connectivity index (χ4n) is 2.70. The summed E-state index contributed by atoms with van der Waals surface area (Å²) in [5, 5.41) is 11.2. The molecule has 24 heavy (non-hydrogen) atoms. The molecule has 0 aliphatic rings. The van der Waals surface area contributed by atoms with Crippen LogP contribution in [0.2, 0.25) is 0 Å². The van der Waals surface area contributed by atoms with E-state index in [0.717, 1.165) is 10.0 Å². The fraction of sp³-hybridized carbons (Fsp3) is 0.222. The normalized spacial score (nSPS) is 12.7. The molecule has 0 saturated heterocycles. The van der Waals surface area contributed by atoms with Crippen LogP contribution < -0.4 is 0 Å². The Labute approximate surface area is 149 Å². The van der Waals surface area contributed by atoms with Crippen molar-refractivity contribution in [2.24, 2.45) is 0 Å². The Bertz CT molecular complexity index is 1010. The Hall–Kier alpha value is -1.63. The van der Waals surface area contributed by atoms with Crippen LogP contribution in [0.15, 0.2) is 58.0 Å². The van der Waals surface area contributed by atoms with Crippen LogP contribution >= 0.6 is 15.9 Å². The van der Waals surface area contributed by atoms with Gasteiger partial charge in [-0.05, 0) is 45.0 Å². The van der Waals surface area contributed by atoms with E-state index in [2.05, 4.69) is 15.9 Å². The van der Waals surface area contributed by atoms with Crippen LogP contribution in [0.1, 0.15) is 25.0 Å². The zero-order valence-corrected chi connectivity index (χ0v) is 16.0. The monoisotopic (exact) mass is 407 g/mol. The first-order chi connectivity index (χ1) is 11.1. The molecular weight excluding hydrogens is 390 g/mol. The van der Waals surface area contributed by atoms with Crippen molar-refractivity contribution in [2.75, 3.05) is 0 Å². The van der Waals surface area contributed by atoms with E-state index in [1.54, 1.807) is 50.2 Å². The molecule has 0 aliphatic carbocycles. The van der Waals surface area contributed by atoms with Crippen LogP contribution in [0.3, 0.4) is 0 Å². The third-order valence-electron chi connectivity index (χ3n) is 3.98. The van der Waals surface area contributed by atoms with Crippen LogP contribution in [0.4, 0.5) is 0 Å². The van der Waals surface area contributed by atoms with Gasteiger partial charge in [0.15, 0.2) is 0 Å². The summed E-state index contributed by atoms with van der Waals surface area (Å²) >= 11 is 3.47. The quantitative estimate of drug-likeness (QED) is 0.708. The topological polar surface area (TPSA) is 59.3 Å². The molecule has 0 spiro atoms. The molecule has 6 heteroatoms. The summed E-state index contributed by atoms with van der Waals surface area (Å²) < 4.78 is 28.1. The molecule has 0 aliphatic heterocycles. The molecule has 1 aromatic heterocycles. The zero-order valence-electron chi connectivity index (χ0n) is 13.6. The maximum absolute atomic E-state index is 13.1. The largest absolute Gasteiger partial charge is 0.386 e. The van der Waals surface area contributed by atoms with Gasteiger partial charge in [-0.3, -0.25) is 0 Å². The number of halogens is 1. The number of aryl methyl sites for hydroxylation is 1. The van der Waals surface area contributed by atoms with E-state index in [1.807, 2.05) is 13.0 Å². The fourth-order valence-corrected chi connectivity index (χ4v) is 4.63. The minimum atomic E-state index is -3.75. The summed E-state index contributed by atoms with van der Waals surface area (Å²) in [5.41, 5.74) is 0.907. The molecule has 126 valence electrons. The van der Waals surface area contributed by atoms with Crippen LogP contribution in [-0.4, -0.2) is 17.5 Å². The molecular formula is C18H18BrNO3S. The molecule has 3 aromatic rings. The summed E-state index contributed by atoms with van der Waals surface area (Å²) in [5.74, 6) is 0. The first-order valence-corrected chi connectivity index (χ1v) is 9.70. The molecule has 1 heterocycles. The molecule has 0 saturated carbocycles. The van der Waals surface area contributed by atoms with E-state index in [9.17, 15) is 13.5 Å². The molecule has 0 unspecified atom stereocenters. The lowest BCUT2D eigenvalue weighted by molar-refractivity contribution is 0.0801. The Morgan fingerprint density at radius 1 is 1.08 bits per heavy atom. The van der Waals surface area contributed by atoms with Crippen LogP contribution in [0.25, 0.3) is 10.9 Å². The van der Waals surface area contributed by atoms with E-state index in [1.165, 1.54) is 10.2 Å². The van der Waals surface area contributed by atoms with Gasteiger partial charge in [0.05, 0.1) is 16.0 Å². The van der Waals surface area contributed by atoms with Gasteiger partial charge in [-0.25, -0.2) is 12.4 Å². The molecule has 3 rings (SSSR count). The van der Waals surface area contributed by atoms with Gasteiger partial charge in [-0.15, -0.1) is 0 Å². The van der Waals surface area contributed by atoms with Gasteiger partial charge in [-0.2, -0.15) is 0 Å². The van der Waals surface area contributed by atoms with Gasteiger partial charge >= 0.3 is 0 Å². The minimum Gasteiger partial charge on any atom is -0.386 e. The molecule has 0 radical (unpaired) electrons. The van der Waals surface area contributed by atoms with Crippen molar-refractivity contribution in [3.63, 3.8) is 0 Å². The highest BCUT2D eigenvalue weighted by Gasteiger charge is 2.28. The van der Waals surface area contributed by atoms with Crippen molar-refractivity contribution in [1.82, 2.24) is 3.97 Å². The average molecular weight is 408 g/mol. The number of nitrogens with zero attached hydrogens (tertiary/aromatic N) is 1. The number of aromatic nitrogens is 1. The first-order valence-electron chi connectivity index (χ1n) is 7.47. The Kier molecular flexibility index (Phi) is 4.10. The number of benzene rings is 2. The maximum atomic E-state index is 13.1. The number of aliphatic hydroxyl groups is 1. The maximum Gasteiger partial charge on any atom is 0.268 e. The van der Waals surface area contributed by atoms with Crippen molar-refractivity contribution in [3.05, 3.63) is 64.3 Å². The number of hydrogen-bond acceptors (Lipinski definition) is 3.